The zero-order chi connectivity index (χ0) is 13.3. The lowest BCUT2D eigenvalue weighted by Crippen LogP contribution is -2.35. The molecule has 1 amide bonds. The van der Waals surface area contributed by atoms with Crippen molar-refractivity contribution in [2.75, 3.05) is 17.2 Å². The molecule has 3 N–H and O–H groups in total. The maximum Gasteiger partial charge on any atom is 0.251 e. The first-order chi connectivity index (χ1) is 8.37. The fourth-order valence-corrected chi connectivity index (χ4v) is 3.78. The number of hydrogen-bond donors (Lipinski definition) is 2. The number of amides is 1. The Balaban J connectivity index is 2.06. The van der Waals surface area contributed by atoms with Gasteiger partial charge in [0.1, 0.15) is 0 Å². The van der Waals surface area contributed by atoms with Crippen LogP contribution in [0.1, 0.15) is 16.8 Å². The summed E-state index contributed by atoms with van der Waals surface area (Å²) in [6.45, 7) is 0. The largest absolute Gasteiger partial charge is 0.398 e. The van der Waals surface area contributed by atoms with Gasteiger partial charge in [-0.1, -0.05) is 0 Å². The number of rotatable bonds is 2. The molecule has 1 aromatic carbocycles. The normalized spacial score (nSPS) is 21.7. The number of halogens is 1. The number of carbonyl (C=O) groups is 1. The molecule has 0 spiro atoms. The zero-order valence-corrected chi connectivity index (χ0v) is 11.9. The third-order valence-electron chi connectivity index (χ3n) is 2.83. The number of benzene rings is 1. The Bertz CT molecular complexity index is 586. The number of carbonyl (C=O) groups excluding carboxylic acids is 1. The predicted octanol–water partition coefficient (Wildman–Crippen LogP) is 0.948. The lowest BCUT2D eigenvalue weighted by atomic mass is 10.1. The third kappa shape index (κ3) is 3.02. The summed E-state index contributed by atoms with van der Waals surface area (Å²) in [5.74, 6) is -0.137. The second-order valence-corrected chi connectivity index (χ2v) is 7.39. The SMILES string of the molecule is Nc1cc(C(=O)NC2CCS(=O)(=O)C2)ccc1Br. The smallest absolute Gasteiger partial charge is 0.251 e. The van der Waals surface area contributed by atoms with Crippen molar-refractivity contribution >= 4 is 37.4 Å². The van der Waals surface area contributed by atoms with Gasteiger partial charge in [-0.25, -0.2) is 8.42 Å². The van der Waals surface area contributed by atoms with E-state index in [2.05, 4.69) is 21.2 Å². The third-order valence-corrected chi connectivity index (χ3v) is 5.32. The maximum absolute atomic E-state index is 11.9. The molecule has 1 saturated heterocycles. The van der Waals surface area contributed by atoms with E-state index in [1.165, 1.54) is 0 Å². The van der Waals surface area contributed by atoms with Gasteiger partial charge in [-0.3, -0.25) is 4.79 Å². The Morgan fingerprint density at radius 3 is 2.72 bits per heavy atom. The molecule has 1 aliphatic rings. The summed E-state index contributed by atoms with van der Waals surface area (Å²) in [6.07, 6.45) is 0.472. The van der Waals surface area contributed by atoms with Crippen LogP contribution in [0.4, 0.5) is 5.69 Å². The molecule has 1 aromatic rings. The van der Waals surface area contributed by atoms with E-state index < -0.39 is 9.84 Å². The van der Waals surface area contributed by atoms with Gasteiger partial charge in [0.05, 0.1) is 11.5 Å². The van der Waals surface area contributed by atoms with E-state index in [-0.39, 0.29) is 23.5 Å². The number of nitrogens with one attached hydrogen (secondary N) is 1. The second-order valence-electron chi connectivity index (χ2n) is 4.31. The molecule has 5 nitrogen and oxygen atoms in total. The fraction of sp³-hybridized carbons (Fsp3) is 0.364. The molecule has 0 aromatic heterocycles. The summed E-state index contributed by atoms with van der Waals surface area (Å²) in [4.78, 5) is 11.9. The van der Waals surface area contributed by atoms with Gasteiger partial charge in [-0.05, 0) is 40.5 Å². The lowest BCUT2D eigenvalue weighted by molar-refractivity contribution is 0.0941. The highest BCUT2D eigenvalue weighted by Gasteiger charge is 2.29. The monoisotopic (exact) mass is 332 g/mol. The van der Waals surface area contributed by atoms with Crippen molar-refractivity contribution in [2.45, 2.75) is 12.5 Å². The van der Waals surface area contributed by atoms with Crippen LogP contribution in [0.3, 0.4) is 0 Å². The van der Waals surface area contributed by atoms with E-state index in [9.17, 15) is 13.2 Å². The Labute approximate surface area is 114 Å². The molecule has 1 heterocycles. The van der Waals surface area contributed by atoms with E-state index in [0.717, 1.165) is 4.47 Å². The molecule has 1 unspecified atom stereocenters. The molecule has 1 fully saturated rings. The van der Waals surface area contributed by atoms with Crippen molar-refractivity contribution in [1.29, 1.82) is 0 Å². The summed E-state index contributed by atoms with van der Waals surface area (Å²) in [6, 6.07) is 4.59. The van der Waals surface area contributed by atoms with E-state index in [0.29, 0.717) is 17.7 Å². The summed E-state index contributed by atoms with van der Waals surface area (Å²) >= 11 is 3.25. The van der Waals surface area contributed by atoms with E-state index >= 15 is 0 Å². The van der Waals surface area contributed by atoms with E-state index in [1.807, 2.05) is 0 Å². The van der Waals surface area contributed by atoms with Crippen LogP contribution >= 0.6 is 15.9 Å². The van der Waals surface area contributed by atoms with Gasteiger partial charge in [0.25, 0.3) is 5.91 Å². The maximum atomic E-state index is 11.9. The summed E-state index contributed by atoms with van der Waals surface area (Å²) in [7, 11) is -2.99. The van der Waals surface area contributed by atoms with Crippen molar-refractivity contribution in [2.24, 2.45) is 0 Å². The number of sulfone groups is 1. The number of hydrogen-bond acceptors (Lipinski definition) is 4. The van der Waals surface area contributed by atoms with Crippen LogP contribution in [-0.2, 0) is 9.84 Å². The quantitative estimate of drug-likeness (QED) is 0.789. The van der Waals surface area contributed by atoms with Crippen molar-refractivity contribution in [1.82, 2.24) is 5.32 Å². The van der Waals surface area contributed by atoms with Crippen LogP contribution in [-0.4, -0.2) is 31.9 Å². The van der Waals surface area contributed by atoms with Gasteiger partial charge in [0, 0.05) is 21.8 Å². The molecule has 0 saturated carbocycles. The minimum Gasteiger partial charge on any atom is -0.398 e. The van der Waals surface area contributed by atoms with E-state index in [4.69, 9.17) is 5.73 Å². The highest BCUT2D eigenvalue weighted by molar-refractivity contribution is 9.10. The molecule has 1 aliphatic heterocycles. The van der Waals surface area contributed by atoms with Crippen LogP contribution in [0.15, 0.2) is 22.7 Å². The van der Waals surface area contributed by atoms with Crippen molar-refractivity contribution in [3.8, 4) is 0 Å². The minimum absolute atomic E-state index is 0.0186. The fourth-order valence-electron chi connectivity index (χ4n) is 1.86. The topological polar surface area (TPSA) is 89.3 Å². The number of nitrogens with two attached hydrogens (primary N) is 1. The zero-order valence-electron chi connectivity index (χ0n) is 9.52. The molecule has 0 radical (unpaired) electrons. The summed E-state index contributed by atoms with van der Waals surface area (Å²) in [5.41, 5.74) is 6.59. The molecule has 98 valence electrons. The van der Waals surface area contributed by atoms with Gasteiger partial charge in [-0.15, -0.1) is 0 Å². The highest BCUT2D eigenvalue weighted by Crippen LogP contribution is 2.20. The Morgan fingerprint density at radius 2 is 2.17 bits per heavy atom. The molecular weight excluding hydrogens is 320 g/mol. The average Bonchev–Trinajstić information content (AvgIpc) is 2.62. The molecule has 0 bridgehead atoms. The first-order valence-corrected chi connectivity index (χ1v) is 8.05. The molecule has 1 atom stereocenters. The van der Waals surface area contributed by atoms with Crippen molar-refractivity contribution in [3.63, 3.8) is 0 Å². The highest BCUT2D eigenvalue weighted by atomic mass is 79.9. The lowest BCUT2D eigenvalue weighted by Gasteiger charge is -2.11. The van der Waals surface area contributed by atoms with Crippen LogP contribution in [0.25, 0.3) is 0 Å². The Kier molecular flexibility index (Phi) is 3.63. The van der Waals surface area contributed by atoms with Gasteiger partial charge in [0.2, 0.25) is 0 Å². The standard InChI is InChI=1S/C11H13BrN2O3S/c12-9-2-1-7(5-10(9)13)11(15)14-8-3-4-18(16,17)6-8/h1-2,5,8H,3-4,6,13H2,(H,14,15). The van der Waals surface area contributed by atoms with Gasteiger partial charge >= 0.3 is 0 Å². The van der Waals surface area contributed by atoms with Crippen molar-refractivity contribution in [3.05, 3.63) is 28.2 Å². The average molecular weight is 333 g/mol. The second kappa shape index (κ2) is 4.89. The first kappa shape index (κ1) is 13.4. The van der Waals surface area contributed by atoms with Gasteiger partial charge in [0.15, 0.2) is 9.84 Å². The molecule has 18 heavy (non-hydrogen) atoms. The Morgan fingerprint density at radius 1 is 1.44 bits per heavy atom. The predicted molar refractivity (Wildman–Crippen MR) is 73.1 cm³/mol. The number of anilines is 1. The van der Waals surface area contributed by atoms with Crippen LogP contribution in [0.5, 0.6) is 0 Å². The van der Waals surface area contributed by atoms with Gasteiger partial charge in [-0.2, -0.15) is 0 Å². The van der Waals surface area contributed by atoms with Crippen molar-refractivity contribution < 1.29 is 13.2 Å². The molecule has 0 aliphatic carbocycles. The first-order valence-electron chi connectivity index (χ1n) is 5.44. The molecule has 2 rings (SSSR count). The van der Waals surface area contributed by atoms with Crippen LogP contribution in [0.2, 0.25) is 0 Å². The van der Waals surface area contributed by atoms with Crippen LogP contribution < -0.4 is 11.1 Å². The van der Waals surface area contributed by atoms with Crippen LogP contribution in [0, 0.1) is 0 Å². The summed E-state index contributed by atoms with van der Waals surface area (Å²) in [5, 5.41) is 2.71. The number of nitrogen functional groups attached to an aromatic ring is 1. The van der Waals surface area contributed by atoms with Gasteiger partial charge < -0.3 is 11.1 Å². The van der Waals surface area contributed by atoms with E-state index in [1.54, 1.807) is 18.2 Å². The molecular formula is C11H13BrN2O3S. The molecule has 7 heteroatoms. The summed E-state index contributed by atoms with van der Waals surface area (Å²) < 4.78 is 23.3. The minimum atomic E-state index is -2.99. The Hall–Kier alpha value is -1.08.